The van der Waals surface area contributed by atoms with E-state index in [2.05, 4.69) is 32.5 Å². The Morgan fingerprint density at radius 2 is 1.82 bits per heavy atom. The second-order valence-electron chi connectivity index (χ2n) is 8.01. The minimum Gasteiger partial charge on any atom is -0.360 e. The van der Waals surface area contributed by atoms with Crippen LogP contribution in [0.2, 0.25) is 5.02 Å². The van der Waals surface area contributed by atoms with Gasteiger partial charge in [-0.25, -0.2) is 0 Å². The molecule has 0 fully saturated rings. The number of benzene rings is 2. The zero-order valence-corrected chi connectivity index (χ0v) is 20.8. The van der Waals surface area contributed by atoms with Crippen molar-refractivity contribution < 1.29 is 9.32 Å². The van der Waals surface area contributed by atoms with E-state index >= 15 is 0 Å². The third kappa shape index (κ3) is 5.32. The van der Waals surface area contributed by atoms with Crippen molar-refractivity contribution in [1.82, 2.24) is 24.8 Å². The number of anilines is 1. The van der Waals surface area contributed by atoms with Gasteiger partial charge in [0.15, 0.2) is 16.8 Å². The van der Waals surface area contributed by atoms with Crippen LogP contribution in [0.5, 0.6) is 0 Å². The number of carbonyl (C=O) groups excluding carboxylic acids is 1. The highest BCUT2D eigenvalue weighted by atomic mass is 35.5. The number of aryl methyl sites for hydroxylation is 1. The highest BCUT2D eigenvalue weighted by Crippen LogP contribution is 2.38. The molecule has 4 rings (SSSR count). The first kappa shape index (κ1) is 24.0. The van der Waals surface area contributed by atoms with Crippen molar-refractivity contribution in [1.29, 1.82) is 0 Å². The summed E-state index contributed by atoms with van der Waals surface area (Å²) >= 11 is 7.45. The molecule has 2 aromatic carbocycles. The number of halogens is 1. The fourth-order valence-electron chi connectivity index (χ4n) is 3.32. The average Bonchev–Trinajstić information content (AvgIpc) is 3.43. The molecule has 0 aliphatic heterocycles. The molecule has 0 aliphatic rings. The highest BCUT2D eigenvalue weighted by Gasteiger charge is 2.28. The van der Waals surface area contributed by atoms with E-state index in [1.54, 1.807) is 13.0 Å². The van der Waals surface area contributed by atoms with Crippen molar-refractivity contribution in [2.45, 2.75) is 30.3 Å². The first-order valence-corrected chi connectivity index (χ1v) is 11.9. The topological polar surface area (TPSA) is 89.1 Å². The van der Waals surface area contributed by atoms with Crippen molar-refractivity contribution in [3.63, 3.8) is 0 Å². The van der Waals surface area contributed by atoms with E-state index in [4.69, 9.17) is 16.1 Å². The Kier molecular flexibility index (Phi) is 7.35. The van der Waals surface area contributed by atoms with E-state index in [1.165, 1.54) is 11.8 Å². The van der Waals surface area contributed by atoms with Crippen LogP contribution in [-0.2, 0) is 4.79 Å². The largest absolute Gasteiger partial charge is 0.360 e. The van der Waals surface area contributed by atoms with Crippen LogP contribution in [0.3, 0.4) is 0 Å². The molecule has 8 nitrogen and oxygen atoms in total. The van der Waals surface area contributed by atoms with Crippen LogP contribution < -0.4 is 5.32 Å². The van der Waals surface area contributed by atoms with Crippen molar-refractivity contribution >= 4 is 35.1 Å². The molecule has 0 radical (unpaired) electrons. The summed E-state index contributed by atoms with van der Waals surface area (Å²) in [4.78, 5) is 15.4. The Labute approximate surface area is 207 Å². The Hall–Kier alpha value is -3.14. The van der Waals surface area contributed by atoms with Gasteiger partial charge in [0.25, 0.3) is 0 Å². The number of aromatic nitrogens is 4. The lowest BCUT2D eigenvalue weighted by atomic mass is 10.1. The molecule has 0 saturated heterocycles. The third-order valence-electron chi connectivity index (χ3n) is 5.33. The lowest BCUT2D eigenvalue weighted by Crippen LogP contribution is -2.21. The molecule has 4 aromatic rings. The van der Waals surface area contributed by atoms with Gasteiger partial charge in [-0.05, 0) is 57.8 Å². The van der Waals surface area contributed by atoms with Crippen molar-refractivity contribution in [3.05, 3.63) is 82.8 Å². The number of nitrogens with one attached hydrogen (secondary N) is 1. The zero-order chi connectivity index (χ0) is 24.2. The van der Waals surface area contributed by atoms with E-state index in [0.29, 0.717) is 21.8 Å². The Morgan fingerprint density at radius 1 is 1.12 bits per heavy atom. The molecular weight excluding hydrogens is 472 g/mol. The molecule has 1 amide bonds. The minimum atomic E-state index is -0.601. The zero-order valence-electron chi connectivity index (χ0n) is 19.3. The van der Waals surface area contributed by atoms with Crippen LogP contribution in [-0.4, -0.2) is 44.8 Å². The predicted molar refractivity (Wildman–Crippen MR) is 133 cm³/mol. The molecule has 10 heteroatoms. The van der Waals surface area contributed by atoms with Gasteiger partial charge in [0.1, 0.15) is 11.0 Å². The van der Waals surface area contributed by atoms with E-state index < -0.39 is 5.25 Å². The number of carbonyl (C=O) groups is 1. The normalized spacial score (nSPS) is 13.1. The molecule has 0 saturated carbocycles. The molecule has 2 atom stereocenters. The SMILES string of the molecule is Cc1cc(NC(=O)C(Sc2nnc(C(C)N(C)C)n2-c2ccc(Cl)cc2)c2ccccc2)no1. The van der Waals surface area contributed by atoms with Gasteiger partial charge in [0, 0.05) is 16.8 Å². The summed E-state index contributed by atoms with van der Waals surface area (Å²) in [5.41, 5.74) is 1.69. The van der Waals surface area contributed by atoms with Crippen LogP contribution >= 0.6 is 23.4 Å². The van der Waals surface area contributed by atoms with E-state index in [1.807, 2.05) is 73.3 Å². The van der Waals surface area contributed by atoms with E-state index in [0.717, 1.165) is 17.1 Å². The van der Waals surface area contributed by atoms with Crippen LogP contribution in [0, 0.1) is 6.92 Å². The first-order valence-electron chi connectivity index (χ1n) is 10.7. The maximum atomic E-state index is 13.4. The summed E-state index contributed by atoms with van der Waals surface area (Å²) < 4.78 is 7.06. The second-order valence-corrected chi connectivity index (χ2v) is 9.52. The summed E-state index contributed by atoms with van der Waals surface area (Å²) in [5, 5.41) is 16.3. The van der Waals surface area contributed by atoms with Crippen LogP contribution in [0.1, 0.15) is 35.4 Å². The van der Waals surface area contributed by atoms with Gasteiger partial charge in [-0.3, -0.25) is 14.3 Å². The molecule has 2 aromatic heterocycles. The van der Waals surface area contributed by atoms with Gasteiger partial charge in [-0.15, -0.1) is 10.2 Å². The Bertz CT molecular complexity index is 1260. The fourth-order valence-corrected chi connectivity index (χ4v) is 4.50. The summed E-state index contributed by atoms with van der Waals surface area (Å²) in [5.74, 6) is 1.50. The molecular formula is C24H25ClN6O2S. The summed E-state index contributed by atoms with van der Waals surface area (Å²) in [6, 6.07) is 18.7. The molecule has 176 valence electrons. The highest BCUT2D eigenvalue weighted by molar-refractivity contribution is 8.00. The monoisotopic (exact) mass is 496 g/mol. The van der Waals surface area contributed by atoms with Crippen molar-refractivity contribution in [2.24, 2.45) is 0 Å². The van der Waals surface area contributed by atoms with Crippen molar-refractivity contribution in [3.8, 4) is 5.69 Å². The summed E-state index contributed by atoms with van der Waals surface area (Å²) in [6.07, 6.45) is 0. The van der Waals surface area contributed by atoms with E-state index in [9.17, 15) is 4.79 Å². The second kappa shape index (κ2) is 10.4. The van der Waals surface area contributed by atoms with Gasteiger partial charge in [-0.1, -0.05) is 58.9 Å². The molecule has 34 heavy (non-hydrogen) atoms. The Balaban J connectivity index is 1.74. The van der Waals surface area contributed by atoms with Crippen molar-refractivity contribution in [2.75, 3.05) is 19.4 Å². The fraction of sp³-hybridized carbons (Fsp3) is 0.250. The van der Waals surface area contributed by atoms with Gasteiger partial charge in [0.05, 0.1) is 6.04 Å². The minimum absolute atomic E-state index is 0.0142. The molecule has 2 heterocycles. The first-order chi connectivity index (χ1) is 16.3. The molecule has 2 unspecified atom stereocenters. The predicted octanol–water partition coefficient (Wildman–Crippen LogP) is 5.31. The lowest BCUT2D eigenvalue weighted by Gasteiger charge is -2.21. The number of nitrogens with zero attached hydrogens (tertiary/aromatic N) is 5. The summed E-state index contributed by atoms with van der Waals surface area (Å²) in [7, 11) is 3.97. The van der Waals surface area contributed by atoms with Gasteiger partial charge in [0.2, 0.25) is 5.91 Å². The molecule has 1 N–H and O–H groups in total. The van der Waals surface area contributed by atoms with Gasteiger partial charge >= 0.3 is 0 Å². The van der Waals surface area contributed by atoms with E-state index in [-0.39, 0.29) is 11.9 Å². The average molecular weight is 497 g/mol. The quantitative estimate of drug-likeness (QED) is 0.330. The number of hydrogen-bond acceptors (Lipinski definition) is 7. The van der Waals surface area contributed by atoms with Crippen LogP contribution in [0.15, 0.2) is 70.3 Å². The molecule has 0 aliphatic carbocycles. The summed E-state index contributed by atoms with van der Waals surface area (Å²) in [6.45, 7) is 3.83. The smallest absolute Gasteiger partial charge is 0.243 e. The van der Waals surface area contributed by atoms with Crippen LogP contribution in [0.4, 0.5) is 5.82 Å². The number of hydrogen-bond donors (Lipinski definition) is 1. The third-order valence-corrected chi connectivity index (χ3v) is 6.78. The lowest BCUT2D eigenvalue weighted by molar-refractivity contribution is -0.115. The van der Waals surface area contributed by atoms with Gasteiger partial charge in [-0.2, -0.15) is 0 Å². The maximum absolute atomic E-state index is 13.4. The standard InChI is InChI=1S/C24H25ClN6O2S/c1-15-14-20(29-33-15)26-23(32)21(17-8-6-5-7-9-17)34-24-28-27-22(16(2)30(3)4)31(24)19-12-10-18(25)11-13-19/h5-14,16,21H,1-4H3,(H,26,29,32). The number of amides is 1. The van der Waals surface area contributed by atoms with Crippen LogP contribution in [0.25, 0.3) is 5.69 Å². The molecule has 0 bridgehead atoms. The maximum Gasteiger partial charge on any atom is 0.243 e. The molecule has 0 spiro atoms. The number of rotatable bonds is 8. The van der Waals surface area contributed by atoms with Gasteiger partial charge < -0.3 is 9.84 Å². The Morgan fingerprint density at radius 3 is 2.44 bits per heavy atom. The number of thioether (sulfide) groups is 1.